The summed E-state index contributed by atoms with van der Waals surface area (Å²) in [7, 11) is 0. The first kappa shape index (κ1) is 9.66. The Hall–Kier alpha value is -0.890. The molecule has 1 aliphatic heterocycles. The highest BCUT2D eigenvalue weighted by atomic mass is 32.1. The van der Waals surface area contributed by atoms with Gasteiger partial charge in [0.2, 0.25) is 0 Å². The van der Waals surface area contributed by atoms with Gasteiger partial charge in [-0.1, -0.05) is 49.5 Å². The smallest absolute Gasteiger partial charge is 0.0759 e. The van der Waals surface area contributed by atoms with Crippen LogP contribution in [0, 0.1) is 5.41 Å². The van der Waals surface area contributed by atoms with Crippen molar-refractivity contribution in [1.29, 1.82) is 0 Å². The highest BCUT2D eigenvalue weighted by molar-refractivity contribution is 7.80. The lowest BCUT2D eigenvalue weighted by atomic mass is 9.83. The van der Waals surface area contributed by atoms with Crippen LogP contribution in [-0.2, 0) is 6.42 Å². The summed E-state index contributed by atoms with van der Waals surface area (Å²) in [6.45, 7) is 3.31. The van der Waals surface area contributed by atoms with Gasteiger partial charge < -0.3 is 5.32 Å². The first-order valence-corrected chi connectivity index (χ1v) is 5.39. The normalized spacial score (nSPS) is 26.2. The van der Waals surface area contributed by atoms with Crippen molar-refractivity contribution in [3.05, 3.63) is 35.9 Å². The fourth-order valence-corrected chi connectivity index (χ4v) is 2.46. The maximum Gasteiger partial charge on any atom is 0.0759 e. The zero-order chi connectivity index (χ0) is 10.0. The molecule has 1 unspecified atom stereocenters. The molecule has 1 fully saturated rings. The van der Waals surface area contributed by atoms with E-state index < -0.39 is 0 Å². The third kappa shape index (κ3) is 2.13. The van der Waals surface area contributed by atoms with Crippen molar-refractivity contribution in [3.63, 3.8) is 0 Å². The Labute approximate surface area is 90.5 Å². The van der Waals surface area contributed by atoms with Gasteiger partial charge >= 0.3 is 0 Å². The van der Waals surface area contributed by atoms with Crippen LogP contribution in [0.3, 0.4) is 0 Å². The lowest BCUT2D eigenvalue weighted by Crippen LogP contribution is -2.22. The van der Waals surface area contributed by atoms with Gasteiger partial charge in [-0.05, 0) is 17.4 Å². The zero-order valence-corrected chi connectivity index (χ0v) is 9.23. The molecule has 0 radical (unpaired) electrons. The van der Waals surface area contributed by atoms with Crippen molar-refractivity contribution >= 4 is 17.2 Å². The van der Waals surface area contributed by atoms with Crippen molar-refractivity contribution in [3.8, 4) is 0 Å². The van der Waals surface area contributed by atoms with Crippen LogP contribution < -0.4 is 5.32 Å². The van der Waals surface area contributed by atoms with E-state index in [9.17, 15) is 0 Å². The van der Waals surface area contributed by atoms with Gasteiger partial charge in [-0.2, -0.15) is 0 Å². The summed E-state index contributed by atoms with van der Waals surface area (Å²) in [6.07, 6.45) is 2.14. The Morgan fingerprint density at radius 3 is 2.64 bits per heavy atom. The molecule has 1 aromatic carbocycles. The predicted molar refractivity (Wildman–Crippen MR) is 63.5 cm³/mol. The molecule has 0 spiro atoms. The largest absolute Gasteiger partial charge is 0.379 e. The lowest BCUT2D eigenvalue weighted by molar-refractivity contribution is 0.369. The molecule has 2 rings (SSSR count). The summed E-state index contributed by atoms with van der Waals surface area (Å²) in [5.74, 6) is 0. The summed E-state index contributed by atoms with van der Waals surface area (Å²) < 4.78 is 0. The minimum absolute atomic E-state index is 0.318. The fourth-order valence-electron chi connectivity index (χ4n) is 2.04. The Morgan fingerprint density at radius 2 is 2.07 bits per heavy atom. The molecule has 1 nitrogen and oxygen atoms in total. The molecule has 0 amide bonds. The molecule has 0 aliphatic carbocycles. The summed E-state index contributed by atoms with van der Waals surface area (Å²) in [4.78, 5) is 1.02. The van der Waals surface area contributed by atoms with E-state index in [1.807, 2.05) is 0 Å². The second-order valence-corrected chi connectivity index (χ2v) is 4.92. The van der Waals surface area contributed by atoms with Crippen molar-refractivity contribution in [2.24, 2.45) is 5.41 Å². The minimum atomic E-state index is 0.318. The summed E-state index contributed by atoms with van der Waals surface area (Å²) in [5, 5.41) is 3.26. The average molecular weight is 205 g/mol. The summed E-state index contributed by atoms with van der Waals surface area (Å²) in [5.41, 5.74) is 1.72. The zero-order valence-electron chi connectivity index (χ0n) is 8.42. The molecule has 1 heterocycles. The van der Waals surface area contributed by atoms with E-state index in [4.69, 9.17) is 12.2 Å². The van der Waals surface area contributed by atoms with E-state index in [0.717, 1.165) is 24.4 Å². The average Bonchev–Trinajstić information content (AvgIpc) is 2.47. The van der Waals surface area contributed by atoms with Crippen LogP contribution in [0.4, 0.5) is 0 Å². The van der Waals surface area contributed by atoms with Gasteiger partial charge in [0, 0.05) is 13.0 Å². The molecule has 1 saturated heterocycles. The van der Waals surface area contributed by atoms with Crippen molar-refractivity contribution in [2.75, 3.05) is 6.54 Å². The number of rotatable bonds is 2. The van der Waals surface area contributed by atoms with Crippen LogP contribution >= 0.6 is 12.2 Å². The third-order valence-electron chi connectivity index (χ3n) is 2.77. The lowest BCUT2D eigenvalue weighted by Gasteiger charge is -2.21. The molecule has 1 aliphatic rings. The summed E-state index contributed by atoms with van der Waals surface area (Å²) >= 11 is 5.17. The van der Waals surface area contributed by atoms with Crippen molar-refractivity contribution < 1.29 is 0 Å². The molecule has 2 heteroatoms. The SMILES string of the molecule is CC1(Cc2ccccc2)CNC(=S)C1. The Kier molecular flexibility index (Phi) is 2.55. The highest BCUT2D eigenvalue weighted by Gasteiger charge is 2.31. The Balaban J connectivity index is 2.08. The molecule has 0 bridgehead atoms. The number of nitrogens with one attached hydrogen (secondary N) is 1. The van der Waals surface area contributed by atoms with Crippen LogP contribution in [0.1, 0.15) is 18.9 Å². The predicted octanol–water partition coefficient (Wildman–Crippen LogP) is 2.56. The molecule has 1 N–H and O–H groups in total. The number of benzene rings is 1. The first-order valence-electron chi connectivity index (χ1n) is 4.99. The van der Waals surface area contributed by atoms with Gasteiger partial charge in [-0.3, -0.25) is 0 Å². The molecule has 14 heavy (non-hydrogen) atoms. The van der Waals surface area contributed by atoms with Gasteiger partial charge in [-0.25, -0.2) is 0 Å². The van der Waals surface area contributed by atoms with E-state index in [1.54, 1.807) is 0 Å². The Morgan fingerprint density at radius 1 is 1.36 bits per heavy atom. The maximum absolute atomic E-state index is 5.17. The molecule has 0 saturated carbocycles. The second kappa shape index (κ2) is 3.70. The van der Waals surface area contributed by atoms with Gasteiger partial charge in [-0.15, -0.1) is 0 Å². The number of thiocarbonyl (C=S) groups is 1. The van der Waals surface area contributed by atoms with Gasteiger partial charge in [0.25, 0.3) is 0 Å². The number of hydrogen-bond donors (Lipinski definition) is 1. The van der Waals surface area contributed by atoms with Gasteiger partial charge in [0.1, 0.15) is 0 Å². The molecule has 74 valence electrons. The van der Waals surface area contributed by atoms with Crippen LogP contribution in [0.2, 0.25) is 0 Å². The molecule has 1 atom stereocenters. The monoisotopic (exact) mass is 205 g/mol. The molecule has 1 aromatic rings. The van der Waals surface area contributed by atoms with Crippen LogP contribution in [0.15, 0.2) is 30.3 Å². The maximum atomic E-state index is 5.17. The van der Waals surface area contributed by atoms with Crippen LogP contribution in [-0.4, -0.2) is 11.5 Å². The van der Waals surface area contributed by atoms with E-state index in [0.29, 0.717) is 5.41 Å². The van der Waals surface area contributed by atoms with Crippen LogP contribution in [0.25, 0.3) is 0 Å². The summed E-state index contributed by atoms with van der Waals surface area (Å²) in [6, 6.07) is 10.6. The van der Waals surface area contributed by atoms with Gasteiger partial charge in [0.05, 0.1) is 4.99 Å². The topological polar surface area (TPSA) is 12.0 Å². The van der Waals surface area contributed by atoms with E-state index in [2.05, 4.69) is 42.6 Å². The molecular formula is C12H15NS. The third-order valence-corrected chi connectivity index (χ3v) is 3.06. The van der Waals surface area contributed by atoms with Crippen molar-refractivity contribution in [1.82, 2.24) is 5.32 Å². The quantitative estimate of drug-likeness (QED) is 0.745. The van der Waals surface area contributed by atoms with E-state index in [-0.39, 0.29) is 0 Å². The molecular weight excluding hydrogens is 190 g/mol. The highest BCUT2D eigenvalue weighted by Crippen LogP contribution is 2.30. The molecule has 0 aromatic heterocycles. The van der Waals surface area contributed by atoms with E-state index >= 15 is 0 Å². The van der Waals surface area contributed by atoms with E-state index in [1.165, 1.54) is 5.56 Å². The number of hydrogen-bond acceptors (Lipinski definition) is 1. The van der Waals surface area contributed by atoms with Crippen molar-refractivity contribution in [2.45, 2.75) is 19.8 Å². The second-order valence-electron chi connectivity index (χ2n) is 4.43. The first-order chi connectivity index (χ1) is 6.68. The minimum Gasteiger partial charge on any atom is -0.379 e. The van der Waals surface area contributed by atoms with Crippen LogP contribution in [0.5, 0.6) is 0 Å². The standard InChI is InChI=1S/C12H15NS/c1-12(8-11(14)13-9-12)7-10-5-3-2-4-6-10/h2-6H,7-9H2,1H3,(H,13,14). The van der Waals surface area contributed by atoms with Gasteiger partial charge in [0.15, 0.2) is 0 Å². The fraction of sp³-hybridized carbons (Fsp3) is 0.417. The Bertz CT molecular complexity index is 333.